The lowest BCUT2D eigenvalue weighted by Gasteiger charge is -2.26. The topological polar surface area (TPSA) is 66.6 Å². The molecular weight excluding hydrogens is 294 g/mol. The molecule has 0 unspecified atom stereocenters. The zero-order valence-electron chi connectivity index (χ0n) is 13.4. The maximum atomic E-state index is 12.2. The Balaban J connectivity index is 1.53. The molecule has 1 aromatic carbocycles. The van der Waals surface area contributed by atoms with Gasteiger partial charge in [-0.15, -0.1) is 0 Å². The fourth-order valence-corrected chi connectivity index (χ4v) is 2.84. The molecule has 0 aliphatic carbocycles. The smallest absolute Gasteiger partial charge is 0.224 e. The molecule has 2 N–H and O–H groups in total. The van der Waals surface area contributed by atoms with Gasteiger partial charge in [-0.25, -0.2) is 0 Å². The first kappa shape index (κ1) is 15.8. The lowest BCUT2D eigenvalue weighted by Crippen LogP contribution is -2.41. The number of carbonyl (C=O) groups excluding carboxylic acids is 1. The predicted octanol–water partition coefficient (Wildman–Crippen LogP) is 1.17. The summed E-state index contributed by atoms with van der Waals surface area (Å²) >= 11 is 0. The van der Waals surface area contributed by atoms with Crippen LogP contribution in [0.25, 0.3) is 10.9 Å². The van der Waals surface area contributed by atoms with Gasteiger partial charge in [0.05, 0.1) is 26.7 Å². The van der Waals surface area contributed by atoms with Crippen LogP contribution in [0.1, 0.15) is 5.56 Å². The molecule has 0 bridgehead atoms. The number of morpholine rings is 1. The van der Waals surface area contributed by atoms with E-state index in [0.29, 0.717) is 13.0 Å². The fourth-order valence-electron chi connectivity index (χ4n) is 2.84. The Morgan fingerprint density at radius 1 is 1.39 bits per heavy atom. The second kappa shape index (κ2) is 7.48. The third-order valence-corrected chi connectivity index (χ3v) is 4.18. The molecule has 6 heteroatoms. The second-order valence-electron chi connectivity index (χ2n) is 5.71. The van der Waals surface area contributed by atoms with Crippen LogP contribution in [0, 0.1) is 0 Å². The number of ether oxygens (including phenoxy) is 2. The number of aromatic amines is 1. The van der Waals surface area contributed by atoms with Gasteiger partial charge in [0.2, 0.25) is 5.91 Å². The van der Waals surface area contributed by atoms with E-state index in [4.69, 9.17) is 9.47 Å². The van der Waals surface area contributed by atoms with Crippen LogP contribution in [0.2, 0.25) is 0 Å². The number of hydrogen-bond donors (Lipinski definition) is 2. The first-order chi connectivity index (χ1) is 11.3. The van der Waals surface area contributed by atoms with Crippen molar-refractivity contribution >= 4 is 16.8 Å². The Labute approximate surface area is 135 Å². The maximum Gasteiger partial charge on any atom is 0.224 e. The zero-order valence-corrected chi connectivity index (χ0v) is 13.4. The summed E-state index contributed by atoms with van der Waals surface area (Å²) in [4.78, 5) is 17.7. The first-order valence-electron chi connectivity index (χ1n) is 7.97. The summed E-state index contributed by atoms with van der Waals surface area (Å²) in [5, 5.41) is 4.03. The highest BCUT2D eigenvalue weighted by atomic mass is 16.5. The lowest BCUT2D eigenvalue weighted by molar-refractivity contribution is -0.120. The van der Waals surface area contributed by atoms with E-state index >= 15 is 0 Å². The quantitative estimate of drug-likeness (QED) is 0.839. The van der Waals surface area contributed by atoms with Crippen LogP contribution in [-0.4, -0.2) is 62.3 Å². The normalized spacial score (nSPS) is 15.7. The summed E-state index contributed by atoms with van der Waals surface area (Å²) in [6.07, 6.45) is 2.27. The molecule has 0 spiro atoms. The van der Waals surface area contributed by atoms with Crippen molar-refractivity contribution < 1.29 is 14.3 Å². The Hall–Kier alpha value is -2.05. The van der Waals surface area contributed by atoms with Crippen LogP contribution in [0.5, 0.6) is 5.75 Å². The van der Waals surface area contributed by atoms with Gasteiger partial charge in [0.1, 0.15) is 5.75 Å². The van der Waals surface area contributed by atoms with Crippen molar-refractivity contribution in [3.8, 4) is 5.75 Å². The highest BCUT2D eigenvalue weighted by Gasteiger charge is 2.12. The van der Waals surface area contributed by atoms with Crippen LogP contribution in [0.15, 0.2) is 24.4 Å². The van der Waals surface area contributed by atoms with Gasteiger partial charge in [-0.2, -0.15) is 0 Å². The zero-order chi connectivity index (χ0) is 16.1. The number of benzene rings is 1. The van der Waals surface area contributed by atoms with Gasteiger partial charge in [-0.1, -0.05) is 0 Å². The molecule has 0 atom stereocenters. The van der Waals surface area contributed by atoms with E-state index in [1.54, 1.807) is 7.11 Å². The van der Waals surface area contributed by atoms with Crippen molar-refractivity contribution in [1.82, 2.24) is 15.2 Å². The molecule has 23 heavy (non-hydrogen) atoms. The van der Waals surface area contributed by atoms with E-state index in [-0.39, 0.29) is 5.91 Å². The van der Waals surface area contributed by atoms with Crippen molar-refractivity contribution in [2.75, 3.05) is 46.5 Å². The minimum atomic E-state index is 0.0435. The number of fused-ring (bicyclic) bond motifs is 1. The number of nitrogens with one attached hydrogen (secondary N) is 2. The second-order valence-corrected chi connectivity index (χ2v) is 5.71. The number of aromatic nitrogens is 1. The van der Waals surface area contributed by atoms with Crippen LogP contribution in [-0.2, 0) is 16.0 Å². The third kappa shape index (κ3) is 4.03. The van der Waals surface area contributed by atoms with Gasteiger partial charge >= 0.3 is 0 Å². The minimum Gasteiger partial charge on any atom is -0.497 e. The van der Waals surface area contributed by atoms with Crippen molar-refractivity contribution in [2.45, 2.75) is 6.42 Å². The molecule has 2 heterocycles. The molecule has 0 saturated carbocycles. The molecule has 1 fully saturated rings. The van der Waals surface area contributed by atoms with Crippen LogP contribution < -0.4 is 10.1 Å². The molecule has 0 radical (unpaired) electrons. The van der Waals surface area contributed by atoms with Gasteiger partial charge in [-0.05, 0) is 23.8 Å². The van der Waals surface area contributed by atoms with Crippen molar-refractivity contribution in [2.24, 2.45) is 0 Å². The number of carbonyl (C=O) groups is 1. The van der Waals surface area contributed by atoms with Crippen LogP contribution in [0.3, 0.4) is 0 Å². The van der Waals surface area contributed by atoms with Gasteiger partial charge in [0, 0.05) is 43.3 Å². The molecule has 1 saturated heterocycles. The standard InChI is InChI=1S/C17H23N3O3/c1-22-14-2-3-16-15(11-14)13(12-19-16)10-17(21)18-4-5-20-6-8-23-9-7-20/h2-3,11-12,19H,4-10H2,1H3,(H,18,21). The fraction of sp³-hybridized carbons (Fsp3) is 0.471. The minimum absolute atomic E-state index is 0.0435. The number of methoxy groups -OCH3 is 1. The molecule has 3 rings (SSSR count). The molecule has 124 valence electrons. The summed E-state index contributed by atoms with van der Waals surface area (Å²) in [6.45, 7) is 4.99. The van der Waals surface area contributed by atoms with Crippen molar-refractivity contribution in [3.63, 3.8) is 0 Å². The summed E-state index contributed by atoms with van der Waals surface area (Å²) < 4.78 is 10.6. The number of hydrogen-bond acceptors (Lipinski definition) is 4. The average molecular weight is 317 g/mol. The molecule has 1 aromatic heterocycles. The van der Waals surface area contributed by atoms with E-state index in [2.05, 4.69) is 15.2 Å². The van der Waals surface area contributed by atoms with Gasteiger partial charge in [0.25, 0.3) is 0 Å². The number of H-pyrrole nitrogens is 1. The molecular formula is C17H23N3O3. The maximum absolute atomic E-state index is 12.2. The molecule has 1 aliphatic heterocycles. The van der Waals surface area contributed by atoms with E-state index in [1.165, 1.54) is 0 Å². The Bertz CT molecular complexity index is 662. The average Bonchev–Trinajstić information content (AvgIpc) is 2.98. The van der Waals surface area contributed by atoms with Crippen molar-refractivity contribution in [3.05, 3.63) is 30.0 Å². The highest BCUT2D eigenvalue weighted by Crippen LogP contribution is 2.23. The summed E-state index contributed by atoms with van der Waals surface area (Å²) in [7, 11) is 1.64. The number of nitrogens with zero attached hydrogens (tertiary/aromatic N) is 1. The summed E-state index contributed by atoms with van der Waals surface area (Å²) in [5.74, 6) is 0.841. The number of rotatable bonds is 6. The molecule has 1 amide bonds. The van der Waals surface area contributed by atoms with Gasteiger partial charge in [-0.3, -0.25) is 9.69 Å². The SMILES string of the molecule is COc1ccc2[nH]cc(CC(=O)NCCN3CCOCC3)c2c1. The monoisotopic (exact) mass is 317 g/mol. The van der Waals surface area contributed by atoms with Crippen molar-refractivity contribution in [1.29, 1.82) is 0 Å². The molecule has 1 aliphatic rings. The molecule has 2 aromatic rings. The van der Waals surface area contributed by atoms with Crippen LogP contribution >= 0.6 is 0 Å². The van der Waals surface area contributed by atoms with E-state index in [9.17, 15) is 4.79 Å². The Kier molecular flexibility index (Phi) is 5.15. The Morgan fingerprint density at radius 3 is 3.00 bits per heavy atom. The third-order valence-electron chi connectivity index (χ3n) is 4.18. The Morgan fingerprint density at radius 2 is 2.22 bits per heavy atom. The lowest BCUT2D eigenvalue weighted by atomic mass is 10.1. The summed E-state index contributed by atoms with van der Waals surface area (Å²) in [5.41, 5.74) is 2.00. The van der Waals surface area contributed by atoms with Gasteiger partial charge < -0.3 is 19.8 Å². The van der Waals surface area contributed by atoms with Gasteiger partial charge in [0.15, 0.2) is 0 Å². The number of amides is 1. The summed E-state index contributed by atoms with van der Waals surface area (Å²) in [6, 6.07) is 5.83. The molecule has 6 nitrogen and oxygen atoms in total. The largest absolute Gasteiger partial charge is 0.497 e. The predicted molar refractivity (Wildman–Crippen MR) is 88.8 cm³/mol. The van der Waals surface area contributed by atoms with E-state index < -0.39 is 0 Å². The first-order valence-corrected chi connectivity index (χ1v) is 7.97. The van der Waals surface area contributed by atoms with E-state index in [0.717, 1.165) is 55.1 Å². The van der Waals surface area contributed by atoms with E-state index in [1.807, 2.05) is 24.4 Å². The highest BCUT2D eigenvalue weighted by molar-refractivity contribution is 5.89. The van der Waals surface area contributed by atoms with Crippen LogP contribution in [0.4, 0.5) is 0 Å².